The zero-order valence-corrected chi connectivity index (χ0v) is 14.4. The molecule has 124 valence electrons. The summed E-state index contributed by atoms with van der Waals surface area (Å²) < 4.78 is 1.99. The van der Waals surface area contributed by atoms with Gasteiger partial charge in [0.15, 0.2) is 0 Å². The van der Waals surface area contributed by atoms with Crippen LogP contribution in [0.3, 0.4) is 0 Å². The van der Waals surface area contributed by atoms with Gasteiger partial charge < -0.3 is 0 Å². The Hall–Kier alpha value is -2.46. The molecule has 0 radical (unpaired) electrons. The maximum absolute atomic E-state index is 4.55. The van der Waals surface area contributed by atoms with E-state index in [1.807, 2.05) is 35.3 Å². The minimum absolute atomic E-state index is 0.0461. The van der Waals surface area contributed by atoms with E-state index in [9.17, 15) is 0 Å². The van der Waals surface area contributed by atoms with Crippen LogP contribution in [-0.2, 0) is 0 Å². The quantitative estimate of drug-likeness (QED) is 0.736. The zero-order chi connectivity index (χ0) is 16.9. The molecule has 4 nitrogen and oxygen atoms in total. The molecular weight excluding hydrogens is 296 g/mol. The molecule has 1 aromatic carbocycles. The van der Waals surface area contributed by atoms with Gasteiger partial charge >= 0.3 is 0 Å². The molecule has 0 amide bonds. The number of hydrogen-bond acceptors (Lipinski definition) is 3. The van der Waals surface area contributed by atoms with Crippen LogP contribution in [0.4, 0.5) is 0 Å². The highest BCUT2D eigenvalue weighted by molar-refractivity contribution is 5.28. The van der Waals surface area contributed by atoms with E-state index >= 15 is 0 Å². The van der Waals surface area contributed by atoms with E-state index in [4.69, 9.17) is 0 Å². The summed E-state index contributed by atoms with van der Waals surface area (Å²) in [6, 6.07) is 17.1. The second-order valence-electron chi connectivity index (χ2n) is 6.33. The molecule has 0 fully saturated rings. The van der Waals surface area contributed by atoms with Gasteiger partial charge in [0.05, 0.1) is 17.9 Å². The Morgan fingerprint density at radius 2 is 1.67 bits per heavy atom. The van der Waals surface area contributed by atoms with Gasteiger partial charge in [-0.1, -0.05) is 36.4 Å². The highest BCUT2D eigenvalue weighted by Crippen LogP contribution is 2.24. The smallest absolute Gasteiger partial charge is 0.0756 e. The van der Waals surface area contributed by atoms with Crippen molar-refractivity contribution in [2.75, 3.05) is 0 Å². The lowest BCUT2D eigenvalue weighted by atomic mass is 10.0. The molecule has 0 spiro atoms. The lowest BCUT2D eigenvalue weighted by Gasteiger charge is -2.23. The van der Waals surface area contributed by atoms with Crippen molar-refractivity contribution in [1.29, 1.82) is 0 Å². The fourth-order valence-corrected chi connectivity index (χ4v) is 2.75. The van der Waals surface area contributed by atoms with E-state index in [2.05, 4.69) is 72.7 Å². The second kappa shape index (κ2) is 7.41. The molecule has 4 heteroatoms. The first-order valence-electron chi connectivity index (χ1n) is 8.41. The average Bonchev–Trinajstić information content (AvgIpc) is 3.11. The fraction of sp³-hybridized carbons (Fsp3) is 0.300. The van der Waals surface area contributed by atoms with Crippen LogP contribution in [0.1, 0.15) is 55.7 Å². The molecule has 0 unspecified atom stereocenters. The Morgan fingerprint density at radius 3 is 2.29 bits per heavy atom. The highest BCUT2D eigenvalue weighted by Gasteiger charge is 2.19. The van der Waals surface area contributed by atoms with Crippen molar-refractivity contribution in [3.05, 3.63) is 83.9 Å². The Morgan fingerprint density at radius 1 is 0.917 bits per heavy atom. The number of nitrogens with zero attached hydrogens (tertiary/aromatic N) is 3. The average molecular weight is 320 g/mol. The lowest BCUT2D eigenvalue weighted by molar-refractivity contribution is 0.504. The maximum Gasteiger partial charge on any atom is 0.0756 e. The van der Waals surface area contributed by atoms with Crippen LogP contribution < -0.4 is 5.32 Å². The lowest BCUT2D eigenvalue weighted by Crippen LogP contribution is -2.26. The molecule has 2 aromatic heterocycles. The summed E-state index contributed by atoms with van der Waals surface area (Å²) in [6.07, 6.45) is 5.90. The van der Waals surface area contributed by atoms with Gasteiger partial charge in [-0.3, -0.25) is 15.0 Å². The van der Waals surface area contributed by atoms with E-state index in [1.165, 1.54) is 11.1 Å². The third-order valence-corrected chi connectivity index (χ3v) is 4.18. The standard InChI is InChI=1S/C20H24N4/c1-15(2)24-14-18(13-22-24)16(3)23-20(17-9-5-4-6-10-17)19-11-7-8-12-21-19/h4-16,20,23H,1-3H3/t16-,20-/m0/s1. The van der Waals surface area contributed by atoms with Crippen LogP contribution >= 0.6 is 0 Å². The normalized spacial score (nSPS) is 13.8. The van der Waals surface area contributed by atoms with Gasteiger partial charge in [0.25, 0.3) is 0 Å². The van der Waals surface area contributed by atoms with E-state index in [1.54, 1.807) is 0 Å². The minimum atomic E-state index is 0.0461. The summed E-state index contributed by atoms with van der Waals surface area (Å²) in [5.41, 5.74) is 3.41. The third kappa shape index (κ3) is 3.71. The van der Waals surface area contributed by atoms with Crippen molar-refractivity contribution < 1.29 is 0 Å². The number of nitrogens with one attached hydrogen (secondary N) is 1. The number of aromatic nitrogens is 3. The molecule has 2 heterocycles. The van der Waals surface area contributed by atoms with Crippen LogP contribution in [0.5, 0.6) is 0 Å². The summed E-state index contributed by atoms with van der Waals surface area (Å²) in [5.74, 6) is 0. The fourth-order valence-electron chi connectivity index (χ4n) is 2.75. The SMILES string of the molecule is CC(C)n1cc([C@H](C)N[C@@H](c2ccccc2)c2ccccn2)cn1. The molecule has 0 bridgehead atoms. The van der Waals surface area contributed by atoms with Crippen LogP contribution in [0.2, 0.25) is 0 Å². The first-order valence-corrected chi connectivity index (χ1v) is 8.41. The van der Waals surface area contributed by atoms with E-state index in [0.717, 1.165) is 5.69 Å². The summed E-state index contributed by atoms with van der Waals surface area (Å²) in [7, 11) is 0. The van der Waals surface area contributed by atoms with Crippen LogP contribution in [0, 0.1) is 0 Å². The third-order valence-electron chi connectivity index (χ3n) is 4.18. The molecule has 3 rings (SSSR count). The zero-order valence-electron chi connectivity index (χ0n) is 14.4. The van der Waals surface area contributed by atoms with Crippen LogP contribution in [0.25, 0.3) is 0 Å². The van der Waals surface area contributed by atoms with E-state index < -0.39 is 0 Å². The Bertz CT molecular complexity index is 710. The van der Waals surface area contributed by atoms with Crippen molar-refractivity contribution in [1.82, 2.24) is 20.1 Å². The van der Waals surface area contributed by atoms with Crippen molar-refractivity contribution in [3.8, 4) is 0 Å². The molecule has 0 aliphatic carbocycles. The number of benzene rings is 1. The van der Waals surface area contributed by atoms with Gasteiger partial charge in [0.1, 0.15) is 0 Å². The number of rotatable bonds is 6. The maximum atomic E-state index is 4.55. The summed E-state index contributed by atoms with van der Waals surface area (Å²) >= 11 is 0. The minimum Gasteiger partial charge on any atom is -0.298 e. The summed E-state index contributed by atoms with van der Waals surface area (Å²) in [6.45, 7) is 6.44. The Kier molecular flexibility index (Phi) is 5.06. The van der Waals surface area contributed by atoms with Gasteiger partial charge in [-0.2, -0.15) is 5.10 Å². The van der Waals surface area contributed by atoms with E-state index in [0.29, 0.717) is 6.04 Å². The predicted octanol–water partition coefficient (Wildman–Crippen LogP) is 4.30. The van der Waals surface area contributed by atoms with Gasteiger partial charge in [-0.25, -0.2) is 0 Å². The van der Waals surface area contributed by atoms with Crippen molar-refractivity contribution >= 4 is 0 Å². The summed E-state index contributed by atoms with van der Waals surface area (Å²) in [4.78, 5) is 4.55. The molecular formula is C20H24N4. The number of pyridine rings is 1. The largest absolute Gasteiger partial charge is 0.298 e. The van der Waals surface area contributed by atoms with E-state index in [-0.39, 0.29) is 12.1 Å². The monoisotopic (exact) mass is 320 g/mol. The highest BCUT2D eigenvalue weighted by atomic mass is 15.3. The van der Waals surface area contributed by atoms with Crippen molar-refractivity contribution in [2.24, 2.45) is 0 Å². The Balaban J connectivity index is 1.86. The van der Waals surface area contributed by atoms with Crippen LogP contribution in [0.15, 0.2) is 67.1 Å². The van der Waals surface area contributed by atoms with Gasteiger partial charge in [0, 0.05) is 30.0 Å². The predicted molar refractivity (Wildman–Crippen MR) is 96.7 cm³/mol. The topological polar surface area (TPSA) is 42.7 Å². The molecule has 1 N–H and O–H groups in total. The summed E-state index contributed by atoms with van der Waals surface area (Å²) in [5, 5.41) is 8.15. The molecule has 2 atom stereocenters. The van der Waals surface area contributed by atoms with Crippen molar-refractivity contribution in [2.45, 2.75) is 38.9 Å². The molecule has 0 aliphatic rings. The molecule has 24 heavy (non-hydrogen) atoms. The molecule has 3 aromatic rings. The molecule has 0 aliphatic heterocycles. The first kappa shape index (κ1) is 16.4. The van der Waals surface area contributed by atoms with Gasteiger partial charge in [-0.15, -0.1) is 0 Å². The molecule has 0 saturated heterocycles. The van der Waals surface area contributed by atoms with Crippen LogP contribution in [-0.4, -0.2) is 14.8 Å². The van der Waals surface area contributed by atoms with Crippen molar-refractivity contribution in [3.63, 3.8) is 0 Å². The van der Waals surface area contributed by atoms with Gasteiger partial charge in [-0.05, 0) is 38.5 Å². The number of hydrogen-bond donors (Lipinski definition) is 1. The Labute approximate surface area is 143 Å². The second-order valence-corrected chi connectivity index (χ2v) is 6.33. The van der Waals surface area contributed by atoms with Gasteiger partial charge in [0.2, 0.25) is 0 Å². The first-order chi connectivity index (χ1) is 11.6. The molecule has 0 saturated carbocycles.